The molecule has 1 rings (SSSR count). The third-order valence-corrected chi connectivity index (χ3v) is 2.92. The molecule has 0 heterocycles. The Morgan fingerprint density at radius 1 is 1.45 bits per heavy atom. The van der Waals surface area contributed by atoms with Crippen LogP contribution in [0.3, 0.4) is 0 Å². The molecule has 0 radical (unpaired) electrons. The lowest BCUT2D eigenvalue weighted by Gasteiger charge is -2.22. The van der Waals surface area contributed by atoms with Gasteiger partial charge in [0.2, 0.25) is 5.91 Å². The molecule has 0 spiro atoms. The Hall–Kier alpha value is -1.66. The Balaban J connectivity index is 2.36. The molecule has 0 atom stereocenters. The van der Waals surface area contributed by atoms with E-state index in [2.05, 4.69) is 5.32 Å². The molecule has 1 aromatic carbocycles. The van der Waals surface area contributed by atoms with Crippen molar-refractivity contribution in [1.29, 1.82) is 0 Å². The van der Waals surface area contributed by atoms with E-state index < -0.39 is 5.82 Å². The molecule has 0 aliphatic rings. The molecular weight excluding hydrogens is 263 g/mol. The number of hydrogen-bond donors (Lipinski definition) is 2. The molecule has 0 saturated carbocycles. The third-order valence-electron chi connectivity index (χ3n) is 2.92. The third kappa shape index (κ3) is 5.54. The number of halogens is 1. The van der Waals surface area contributed by atoms with Crippen molar-refractivity contribution in [3.05, 3.63) is 24.0 Å². The summed E-state index contributed by atoms with van der Waals surface area (Å²) in [5.74, 6) is -0.838. The molecule has 112 valence electrons. The molecule has 3 N–H and O–H groups in total. The largest absolute Gasteiger partial charge is 0.397 e. The zero-order valence-corrected chi connectivity index (χ0v) is 12.0. The number of anilines is 2. The summed E-state index contributed by atoms with van der Waals surface area (Å²) in [6, 6.07) is 3.79. The maximum absolute atomic E-state index is 13.0. The van der Waals surface area contributed by atoms with E-state index in [1.165, 1.54) is 18.2 Å². The van der Waals surface area contributed by atoms with Gasteiger partial charge in [-0.25, -0.2) is 4.39 Å². The van der Waals surface area contributed by atoms with Gasteiger partial charge in [-0.1, -0.05) is 0 Å². The van der Waals surface area contributed by atoms with E-state index >= 15 is 0 Å². The molecule has 0 fully saturated rings. The van der Waals surface area contributed by atoms with Gasteiger partial charge in [-0.05, 0) is 38.5 Å². The van der Waals surface area contributed by atoms with Crippen molar-refractivity contribution in [2.75, 3.05) is 31.4 Å². The average molecular weight is 284 g/mol. The highest BCUT2D eigenvalue weighted by Crippen LogP contribution is 2.19. The van der Waals surface area contributed by atoms with E-state index in [0.717, 1.165) is 0 Å². The Kier molecular flexibility index (Phi) is 5.91. The summed E-state index contributed by atoms with van der Waals surface area (Å²) in [6.45, 7) is 4.15. The van der Waals surface area contributed by atoms with E-state index in [1.54, 1.807) is 7.11 Å². The number of ether oxygens (including phenoxy) is 2. The molecule has 0 aliphatic heterocycles. The number of carbonyl (C=O) groups is 1. The van der Waals surface area contributed by atoms with Crippen LogP contribution in [0.25, 0.3) is 0 Å². The first-order valence-electron chi connectivity index (χ1n) is 6.32. The van der Waals surface area contributed by atoms with E-state index in [0.29, 0.717) is 18.7 Å². The lowest BCUT2D eigenvalue weighted by molar-refractivity contribution is -0.121. The highest BCUT2D eigenvalue weighted by Gasteiger charge is 2.16. The van der Waals surface area contributed by atoms with Crippen LogP contribution >= 0.6 is 0 Å². The van der Waals surface area contributed by atoms with Crippen molar-refractivity contribution >= 4 is 17.3 Å². The summed E-state index contributed by atoms with van der Waals surface area (Å²) in [5.41, 5.74) is 5.89. The standard InChI is InChI=1S/C14H21FN2O3/c1-14(2,19-3)6-7-20-9-13(18)17-12-8-10(15)4-5-11(12)16/h4-5,8H,6-7,9,16H2,1-3H3,(H,17,18). The highest BCUT2D eigenvalue weighted by atomic mass is 19.1. The average Bonchev–Trinajstić information content (AvgIpc) is 2.39. The molecule has 1 amide bonds. The van der Waals surface area contributed by atoms with Crippen LogP contribution in [0.15, 0.2) is 18.2 Å². The zero-order chi connectivity index (χ0) is 15.2. The molecular formula is C14H21FN2O3. The predicted molar refractivity (Wildman–Crippen MR) is 76.0 cm³/mol. The van der Waals surface area contributed by atoms with E-state index in [1.807, 2.05) is 13.8 Å². The van der Waals surface area contributed by atoms with Gasteiger partial charge in [-0.15, -0.1) is 0 Å². The Morgan fingerprint density at radius 3 is 2.80 bits per heavy atom. The molecule has 1 aromatic rings. The van der Waals surface area contributed by atoms with Crippen molar-refractivity contribution in [2.45, 2.75) is 25.9 Å². The van der Waals surface area contributed by atoms with Gasteiger partial charge in [-0.2, -0.15) is 0 Å². The minimum atomic E-state index is -0.461. The quantitative estimate of drug-likeness (QED) is 0.594. The second-order valence-electron chi connectivity index (χ2n) is 5.05. The number of methoxy groups -OCH3 is 1. The fraction of sp³-hybridized carbons (Fsp3) is 0.500. The highest BCUT2D eigenvalue weighted by molar-refractivity contribution is 5.94. The van der Waals surface area contributed by atoms with Gasteiger partial charge in [0.15, 0.2) is 0 Å². The first kappa shape index (κ1) is 16.4. The molecule has 0 aromatic heterocycles. The maximum Gasteiger partial charge on any atom is 0.250 e. The van der Waals surface area contributed by atoms with Crippen LogP contribution in [0, 0.1) is 5.82 Å². The van der Waals surface area contributed by atoms with Crippen LogP contribution < -0.4 is 11.1 Å². The van der Waals surface area contributed by atoms with Crippen LogP contribution in [0.2, 0.25) is 0 Å². The van der Waals surface area contributed by atoms with Gasteiger partial charge in [-0.3, -0.25) is 4.79 Å². The van der Waals surface area contributed by atoms with Gasteiger partial charge in [0, 0.05) is 13.7 Å². The van der Waals surface area contributed by atoms with Crippen molar-refractivity contribution in [3.8, 4) is 0 Å². The van der Waals surface area contributed by atoms with Crippen LogP contribution in [-0.2, 0) is 14.3 Å². The number of hydrogen-bond acceptors (Lipinski definition) is 4. The number of benzene rings is 1. The fourth-order valence-electron chi connectivity index (χ4n) is 1.41. The summed E-state index contributed by atoms with van der Waals surface area (Å²) in [4.78, 5) is 11.6. The zero-order valence-electron chi connectivity index (χ0n) is 12.0. The predicted octanol–water partition coefficient (Wildman–Crippen LogP) is 2.18. The molecule has 0 unspecified atom stereocenters. The molecule has 0 saturated heterocycles. The van der Waals surface area contributed by atoms with Crippen molar-refractivity contribution in [3.63, 3.8) is 0 Å². The summed E-state index contributed by atoms with van der Waals surface area (Å²) in [6.07, 6.45) is 0.666. The van der Waals surface area contributed by atoms with Crippen molar-refractivity contribution in [1.82, 2.24) is 0 Å². The first-order valence-corrected chi connectivity index (χ1v) is 6.32. The minimum Gasteiger partial charge on any atom is -0.397 e. The normalized spacial score (nSPS) is 11.4. The smallest absolute Gasteiger partial charge is 0.250 e. The van der Waals surface area contributed by atoms with Gasteiger partial charge < -0.3 is 20.5 Å². The van der Waals surface area contributed by atoms with Gasteiger partial charge in [0.05, 0.1) is 17.0 Å². The Bertz CT molecular complexity index is 464. The van der Waals surface area contributed by atoms with Crippen LogP contribution in [0.5, 0.6) is 0 Å². The number of rotatable bonds is 7. The lowest BCUT2D eigenvalue weighted by Crippen LogP contribution is -2.26. The van der Waals surface area contributed by atoms with Gasteiger partial charge in [0.25, 0.3) is 0 Å². The monoisotopic (exact) mass is 284 g/mol. The minimum absolute atomic E-state index is 0.115. The maximum atomic E-state index is 13.0. The number of nitrogens with one attached hydrogen (secondary N) is 1. The lowest BCUT2D eigenvalue weighted by atomic mass is 10.1. The SMILES string of the molecule is COC(C)(C)CCOCC(=O)Nc1cc(F)ccc1N. The van der Waals surface area contributed by atoms with Crippen molar-refractivity contribution in [2.24, 2.45) is 0 Å². The topological polar surface area (TPSA) is 73.6 Å². The number of nitrogen functional groups attached to an aromatic ring is 1. The van der Waals surface area contributed by atoms with Crippen molar-refractivity contribution < 1.29 is 18.7 Å². The molecule has 0 bridgehead atoms. The van der Waals surface area contributed by atoms with E-state index in [4.69, 9.17) is 15.2 Å². The molecule has 5 nitrogen and oxygen atoms in total. The molecule has 0 aliphatic carbocycles. The summed E-state index contributed by atoms with van der Waals surface area (Å²) in [7, 11) is 1.62. The van der Waals surface area contributed by atoms with E-state index in [9.17, 15) is 9.18 Å². The van der Waals surface area contributed by atoms with Crippen LogP contribution in [0.4, 0.5) is 15.8 Å². The number of amides is 1. The Labute approximate surface area is 118 Å². The van der Waals surface area contributed by atoms with Gasteiger partial charge in [0.1, 0.15) is 12.4 Å². The summed E-state index contributed by atoms with van der Waals surface area (Å²) >= 11 is 0. The number of carbonyl (C=O) groups excluding carboxylic acids is 1. The molecule has 20 heavy (non-hydrogen) atoms. The van der Waals surface area contributed by atoms with Gasteiger partial charge >= 0.3 is 0 Å². The van der Waals surface area contributed by atoms with E-state index in [-0.39, 0.29) is 23.8 Å². The summed E-state index contributed by atoms with van der Waals surface area (Å²) in [5, 5.41) is 2.50. The molecule has 6 heteroatoms. The Morgan fingerprint density at radius 2 is 2.15 bits per heavy atom. The summed E-state index contributed by atoms with van der Waals surface area (Å²) < 4.78 is 23.5. The van der Waals surface area contributed by atoms with Crippen LogP contribution in [-0.4, -0.2) is 31.8 Å². The number of nitrogens with two attached hydrogens (primary N) is 1. The second kappa shape index (κ2) is 7.21. The fourth-order valence-corrected chi connectivity index (χ4v) is 1.41. The van der Waals surface area contributed by atoms with Crippen LogP contribution in [0.1, 0.15) is 20.3 Å². The first-order chi connectivity index (χ1) is 9.34. The second-order valence-corrected chi connectivity index (χ2v) is 5.05.